The largest absolute Gasteiger partial charge is 0.316 e. The summed E-state index contributed by atoms with van der Waals surface area (Å²) < 4.78 is 0. The molecule has 1 fully saturated rings. The lowest BCUT2D eigenvalue weighted by atomic mass is 9.69. The molecule has 0 spiro atoms. The molecule has 0 aliphatic heterocycles. The molecular weight excluding hydrogens is 194 g/mol. The first-order valence-corrected chi connectivity index (χ1v) is 6.17. The number of rotatable bonds is 2. The highest BCUT2D eigenvalue weighted by molar-refractivity contribution is 5.31. The lowest BCUT2D eigenvalue weighted by Crippen LogP contribution is -2.31. The second kappa shape index (κ2) is 4.70. The Morgan fingerprint density at radius 2 is 2.00 bits per heavy atom. The second-order valence-electron chi connectivity index (χ2n) is 5.03. The van der Waals surface area contributed by atoms with E-state index in [4.69, 9.17) is 6.57 Å². The summed E-state index contributed by atoms with van der Waals surface area (Å²) in [4.78, 5) is 3.69. The number of nitrogens with zero attached hydrogens (tertiary/aromatic N) is 1. The smallest absolute Gasteiger partial charge is 0.224 e. The summed E-state index contributed by atoms with van der Waals surface area (Å²) in [6, 6.07) is 8.75. The first-order chi connectivity index (χ1) is 7.77. The van der Waals surface area contributed by atoms with Gasteiger partial charge in [0.05, 0.1) is 5.41 Å². The molecule has 0 unspecified atom stereocenters. The van der Waals surface area contributed by atoms with E-state index in [-0.39, 0.29) is 5.41 Å². The van der Waals surface area contributed by atoms with E-state index in [0.717, 1.165) is 0 Å². The Balaban J connectivity index is 2.35. The Morgan fingerprint density at radius 3 is 2.62 bits per heavy atom. The van der Waals surface area contributed by atoms with E-state index in [9.17, 15) is 0 Å². The van der Waals surface area contributed by atoms with E-state index in [1.807, 2.05) is 0 Å². The van der Waals surface area contributed by atoms with Gasteiger partial charge in [0.15, 0.2) is 0 Å². The highest BCUT2D eigenvalue weighted by atomic mass is 14.7. The molecule has 0 saturated heterocycles. The Bertz CT molecular complexity index is 394. The normalized spacial score (nSPS) is 19.0. The standard InChI is InChI=1S/C15H19N/c1-13-7-6-8-14(11-13)15(12-16-2)9-4-3-5-10-15/h6-8,11H,3-5,9-10,12H2,1H3. The van der Waals surface area contributed by atoms with Crippen molar-refractivity contribution < 1.29 is 0 Å². The van der Waals surface area contributed by atoms with Gasteiger partial charge in [0.25, 0.3) is 0 Å². The number of aryl methyl sites for hydroxylation is 1. The summed E-state index contributed by atoms with van der Waals surface area (Å²) in [5.74, 6) is 0. The summed E-state index contributed by atoms with van der Waals surface area (Å²) in [6.07, 6.45) is 6.29. The highest BCUT2D eigenvalue weighted by Crippen LogP contribution is 2.39. The fourth-order valence-corrected chi connectivity index (χ4v) is 2.89. The molecule has 0 N–H and O–H groups in total. The fourth-order valence-electron chi connectivity index (χ4n) is 2.89. The van der Waals surface area contributed by atoms with Gasteiger partial charge in [0.2, 0.25) is 6.54 Å². The molecule has 1 nitrogen and oxygen atoms in total. The quantitative estimate of drug-likeness (QED) is 0.651. The van der Waals surface area contributed by atoms with Crippen LogP contribution in [0.5, 0.6) is 0 Å². The molecule has 16 heavy (non-hydrogen) atoms. The predicted molar refractivity (Wildman–Crippen MR) is 67.4 cm³/mol. The van der Waals surface area contributed by atoms with E-state index in [1.165, 1.54) is 43.2 Å². The van der Waals surface area contributed by atoms with Gasteiger partial charge in [0, 0.05) is 0 Å². The van der Waals surface area contributed by atoms with Gasteiger partial charge in [-0.2, -0.15) is 0 Å². The predicted octanol–water partition coefficient (Wildman–Crippen LogP) is 4.12. The Kier molecular flexibility index (Phi) is 3.29. The van der Waals surface area contributed by atoms with Crippen molar-refractivity contribution in [3.63, 3.8) is 0 Å². The van der Waals surface area contributed by atoms with Gasteiger partial charge in [-0.25, -0.2) is 6.57 Å². The second-order valence-corrected chi connectivity index (χ2v) is 5.03. The zero-order chi connectivity index (χ0) is 11.4. The zero-order valence-corrected chi connectivity index (χ0v) is 10.00. The maximum atomic E-state index is 7.19. The van der Waals surface area contributed by atoms with Gasteiger partial charge < -0.3 is 4.85 Å². The first kappa shape index (κ1) is 11.2. The minimum absolute atomic E-state index is 0.159. The molecule has 1 heteroatoms. The van der Waals surface area contributed by atoms with Crippen LogP contribution in [0.25, 0.3) is 4.85 Å². The molecule has 1 aliphatic carbocycles. The summed E-state index contributed by atoms with van der Waals surface area (Å²) >= 11 is 0. The zero-order valence-electron chi connectivity index (χ0n) is 10.00. The van der Waals surface area contributed by atoms with Crippen LogP contribution in [-0.4, -0.2) is 6.54 Å². The van der Waals surface area contributed by atoms with Crippen LogP contribution in [0.1, 0.15) is 43.2 Å². The number of hydrogen-bond donors (Lipinski definition) is 0. The lowest BCUT2D eigenvalue weighted by molar-refractivity contribution is 0.313. The molecule has 0 bridgehead atoms. The lowest BCUT2D eigenvalue weighted by Gasteiger charge is -2.33. The van der Waals surface area contributed by atoms with E-state index in [1.54, 1.807) is 0 Å². The van der Waals surface area contributed by atoms with Crippen LogP contribution in [0.3, 0.4) is 0 Å². The van der Waals surface area contributed by atoms with Crippen molar-refractivity contribution in [3.05, 3.63) is 46.8 Å². The summed E-state index contributed by atoms with van der Waals surface area (Å²) in [5, 5.41) is 0. The SMILES string of the molecule is [C-]#[N+]CC1(c2cccc(C)c2)CCCCC1. The molecule has 1 aliphatic rings. The molecule has 1 aromatic carbocycles. The molecule has 0 amide bonds. The minimum atomic E-state index is 0.159. The van der Waals surface area contributed by atoms with Crippen molar-refractivity contribution >= 4 is 0 Å². The molecule has 0 radical (unpaired) electrons. The van der Waals surface area contributed by atoms with Gasteiger partial charge in [-0.3, -0.25) is 0 Å². The van der Waals surface area contributed by atoms with Crippen molar-refractivity contribution in [1.82, 2.24) is 0 Å². The van der Waals surface area contributed by atoms with Crippen molar-refractivity contribution in [3.8, 4) is 0 Å². The van der Waals surface area contributed by atoms with Crippen molar-refractivity contribution in [2.45, 2.75) is 44.4 Å². The van der Waals surface area contributed by atoms with Gasteiger partial charge in [0.1, 0.15) is 0 Å². The molecule has 0 aromatic heterocycles. The average Bonchev–Trinajstić information content (AvgIpc) is 2.31. The third kappa shape index (κ3) is 2.11. The van der Waals surface area contributed by atoms with E-state index < -0.39 is 0 Å². The van der Waals surface area contributed by atoms with Gasteiger partial charge >= 0.3 is 0 Å². The molecule has 1 aromatic rings. The molecule has 2 rings (SSSR count). The Hall–Kier alpha value is -1.29. The Morgan fingerprint density at radius 1 is 1.25 bits per heavy atom. The van der Waals surface area contributed by atoms with E-state index in [0.29, 0.717) is 6.54 Å². The van der Waals surface area contributed by atoms with Crippen molar-refractivity contribution in [1.29, 1.82) is 0 Å². The maximum absolute atomic E-state index is 7.19. The topological polar surface area (TPSA) is 4.36 Å². The van der Waals surface area contributed by atoms with Gasteiger partial charge in [-0.1, -0.05) is 49.1 Å². The Labute approximate surface area is 98.3 Å². The number of hydrogen-bond acceptors (Lipinski definition) is 0. The van der Waals surface area contributed by atoms with Gasteiger partial charge in [-0.15, -0.1) is 0 Å². The molecule has 0 atom stereocenters. The summed E-state index contributed by atoms with van der Waals surface area (Å²) in [5.41, 5.74) is 2.86. The fraction of sp³-hybridized carbons (Fsp3) is 0.533. The van der Waals surface area contributed by atoms with Crippen LogP contribution >= 0.6 is 0 Å². The maximum Gasteiger partial charge on any atom is 0.224 e. The minimum Gasteiger partial charge on any atom is -0.316 e. The van der Waals surface area contributed by atoms with Crippen LogP contribution in [-0.2, 0) is 5.41 Å². The van der Waals surface area contributed by atoms with Crippen molar-refractivity contribution in [2.24, 2.45) is 0 Å². The van der Waals surface area contributed by atoms with Gasteiger partial charge in [-0.05, 0) is 25.3 Å². The molecular formula is C15H19N. The summed E-state index contributed by atoms with van der Waals surface area (Å²) in [6.45, 7) is 9.99. The average molecular weight is 213 g/mol. The van der Waals surface area contributed by atoms with E-state index in [2.05, 4.69) is 36.0 Å². The van der Waals surface area contributed by atoms with Crippen LogP contribution < -0.4 is 0 Å². The van der Waals surface area contributed by atoms with Crippen molar-refractivity contribution in [2.75, 3.05) is 6.54 Å². The van der Waals surface area contributed by atoms with Crippen LogP contribution in [0.4, 0.5) is 0 Å². The number of benzene rings is 1. The third-order valence-electron chi connectivity index (χ3n) is 3.82. The third-order valence-corrected chi connectivity index (χ3v) is 3.82. The molecule has 1 saturated carbocycles. The first-order valence-electron chi connectivity index (χ1n) is 6.17. The monoisotopic (exact) mass is 213 g/mol. The van der Waals surface area contributed by atoms with Crippen LogP contribution in [0.2, 0.25) is 0 Å². The van der Waals surface area contributed by atoms with Crippen LogP contribution in [0, 0.1) is 13.5 Å². The summed E-state index contributed by atoms with van der Waals surface area (Å²) in [7, 11) is 0. The molecule has 84 valence electrons. The van der Waals surface area contributed by atoms with Crippen LogP contribution in [0.15, 0.2) is 24.3 Å². The van der Waals surface area contributed by atoms with E-state index >= 15 is 0 Å². The highest BCUT2D eigenvalue weighted by Gasteiger charge is 2.36. The molecule has 0 heterocycles.